The number of amides is 1. The molecule has 0 saturated carbocycles. The van der Waals surface area contributed by atoms with E-state index in [1.807, 2.05) is 13.8 Å². The first kappa shape index (κ1) is 17.9. The van der Waals surface area contributed by atoms with Gasteiger partial charge in [-0.3, -0.25) is 9.59 Å². The standard InChI is InChI=1S/C13H24N2O5S/c1-10(2)14(8-5-7-12(16)17)13(18)11-6-4-9-15(11)21(3,19)20/h10-11H,4-9H2,1-3H3,(H,16,17). The first-order valence-corrected chi connectivity index (χ1v) is 8.98. The fourth-order valence-electron chi connectivity index (χ4n) is 2.60. The van der Waals surface area contributed by atoms with Gasteiger partial charge >= 0.3 is 5.97 Å². The second-order valence-corrected chi connectivity index (χ2v) is 7.59. The predicted octanol–water partition coefficient (Wildman–Crippen LogP) is 0.512. The summed E-state index contributed by atoms with van der Waals surface area (Å²) < 4.78 is 24.7. The Balaban J connectivity index is 2.78. The van der Waals surface area contributed by atoms with Crippen molar-refractivity contribution in [1.29, 1.82) is 0 Å². The Hall–Kier alpha value is -1.15. The molecule has 0 aromatic heterocycles. The molecule has 0 aromatic carbocycles. The van der Waals surface area contributed by atoms with E-state index in [0.717, 1.165) is 6.26 Å². The van der Waals surface area contributed by atoms with Crippen LogP contribution in [0.2, 0.25) is 0 Å². The Kier molecular flexibility index (Phi) is 6.15. The SMILES string of the molecule is CC(C)N(CCCC(=O)O)C(=O)C1CCCN1S(C)(=O)=O. The molecule has 1 fully saturated rings. The van der Waals surface area contributed by atoms with E-state index in [9.17, 15) is 18.0 Å². The topological polar surface area (TPSA) is 95.0 Å². The zero-order valence-corrected chi connectivity index (χ0v) is 13.6. The summed E-state index contributed by atoms with van der Waals surface area (Å²) >= 11 is 0. The first-order valence-electron chi connectivity index (χ1n) is 7.13. The second kappa shape index (κ2) is 7.22. The summed E-state index contributed by atoms with van der Waals surface area (Å²) in [5.41, 5.74) is 0. The van der Waals surface area contributed by atoms with Gasteiger partial charge in [0.25, 0.3) is 0 Å². The van der Waals surface area contributed by atoms with E-state index in [2.05, 4.69) is 0 Å². The van der Waals surface area contributed by atoms with E-state index in [0.29, 0.717) is 32.4 Å². The smallest absolute Gasteiger partial charge is 0.303 e. The van der Waals surface area contributed by atoms with Gasteiger partial charge in [0.1, 0.15) is 6.04 Å². The number of carbonyl (C=O) groups is 2. The monoisotopic (exact) mass is 320 g/mol. The van der Waals surface area contributed by atoms with Crippen LogP contribution in [0.1, 0.15) is 39.5 Å². The number of aliphatic carboxylic acids is 1. The Bertz CT molecular complexity index is 489. The highest BCUT2D eigenvalue weighted by Gasteiger charge is 2.38. The van der Waals surface area contributed by atoms with Gasteiger partial charge in [0.2, 0.25) is 15.9 Å². The number of rotatable bonds is 7. The average Bonchev–Trinajstić information content (AvgIpc) is 2.81. The largest absolute Gasteiger partial charge is 0.481 e. The van der Waals surface area contributed by atoms with Crippen LogP contribution in [-0.2, 0) is 19.6 Å². The third-order valence-electron chi connectivity index (χ3n) is 3.61. The van der Waals surface area contributed by atoms with E-state index in [1.54, 1.807) is 4.90 Å². The van der Waals surface area contributed by atoms with Crippen LogP contribution >= 0.6 is 0 Å². The van der Waals surface area contributed by atoms with Crippen molar-refractivity contribution >= 4 is 21.9 Å². The molecule has 8 heteroatoms. The Morgan fingerprint density at radius 1 is 1.38 bits per heavy atom. The van der Waals surface area contributed by atoms with Crippen molar-refractivity contribution in [3.63, 3.8) is 0 Å². The zero-order valence-electron chi connectivity index (χ0n) is 12.8. The van der Waals surface area contributed by atoms with Crippen LogP contribution in [0.15, 0.2) is 0 Å². The Morgan fingerprint density at radius 3 is 2.48 bits per heavy atom. The van der Waals surface area contributed by atoms with Gasteiger partial charge in [0.05, 0.1) is 6.26 Å². The van der Waals surface area contributed by atoms with E-state index >= 15 is 0 Å². The van der Waals surface area contributed by atoms with Crippen LogP contribution in [-0.4, -0.2) is 66.0 Å². The first-order chi connectivity index (χ1) is 9.64. The molecule has 1 rings (SSSR count). The summed E-state index contributed by atoms with van der Waals surface area (Å²) in [4.78, 5) is 24.7. The lowest BCUT2D eigenvalue weighted by atomic mass is 10.1. The van der Waals surface area contributed by atoms with E-state index in [4.69, 9.17) is 5.11 Å². The molecule has 0 spiro atoms. The van der Waals surface area contributed by atoms with Gasteiger partial charge in [-0.2, -0.15) is 4.31 Å². The molecule has 1 N–H and O–H groups in total. The van der Waals surface area contributed by atoms with Gasteiger partial charge in [0.15, 0.2) is 0 Å². The highest BCUT2D eigenvalue weighted by molar-refractivity contribution is 7.88. The molecule has 1 aliphatic heterocycles. The Morgan fingerprint density at radius 2 is 2.00 bits per heavy atom. The van der Waals surface area contributed by atoms with Crippen LogP contribution in [0.5, 0.6) is 0 Å². The zero-order chi connectivity index (χ0) is 16.2. The van der Waals surface area contributed by atoms with E-state index in [-0.39, 0.29) is 18.4 Å². The molecule has 21 heavy (non-hydrogen) atoms. The van der Waals surface area contributed by atoms with Crippen LogP contribution in [0, 0.1) is 0 Å². The van der Waals surface area contributed by atoms with Crippen molar-refractivity contribution in [2.75, 3.05) is 19.3 Å². The summed E-state index contributed by atoms with van der Waals surface area (Å²) in [5.74, 6) is -1.12. The highest BCUT2D eigenvalue weighted by Crippen LogP contribution is 2.23. The quantitative estimate of drug-likeness (QED) is 0.737. The Labute approximate surface area is 126 Å². The third kappa shape index (κ3) is 4.96. The molecule has 0 aromatic rings. The van der Waals surface area contributed by atoms with Gasteiger partial charge < -0.3 is 10.0 Å². The molecule has 1 atom stereocenters. The summed E-state index contributed by atoms with van der Waals surface area (Å²) in [7, 11) is -3.40. The maximum Gasteiger partial charge on any atom is 0.303 e. The van der Waals surface area contributed by atoms with Crippen molar-refractivity contribution < 1.29 is 23.1 Å². The van der Waals surface area contributed by atoms with Crippen molar-refractivity contribution in [1.82, 2.24) is 9.21 Å². The van der Waals surface area contributed by atoms with Crippen LogP contribution in [0.25, 0.3) is 0 Å². The molecule has 1 amide bonds. The molecule has 0 radical (unpaired) electrons. The van der Waals surface area contributed by atoms with Crippen LogP contribution in [0.4, 0.5) is 0 Å². The highest BCUT2D eigenvalue weighted by atomic mass is 32.2. The number of hydrogen-bond donors (Lipinski definition) is 1. The molecule has 1 unspecified atom stereocenters. The third-order valence-corrected chi connectivity index (χ3v) is 4.90. The number of hydrogen-bond acceptors (Lipinski definition) is 4. The summed E-state index contributed by atoms with van der Waals surface area (Å²) in [5, 5.41) is 8.67. The predicted molar refractivity (Wildman–Crippen MR) is 78.3 cm³/mol. The van der Waals surface area contributed by atoms with Gasteiger partial charge in [0, 0.05) is 25.6 Å². The maximum atomic E-state index is 12.6. The number of nitrogens with zero attached hydrogens (tertiary/aromatic N) is 2. The van der Waals surface area contributed by atoms with E-state index < -0.39 is 22.0 Å². The fraction of sp³-hybridized carbons (Fsp3) is 0.846. The van der Waals surface area contributed by atoms with Crippen molar-refractivity contribution in [3.8, 4) is 0 Å². The lowest BCUT2D eigenvalue weighted by molar-refractivity contribution is -0.139. The fourth-order valence-corrected chi connectivity index (χ4v) is 3.72. The van der Waals surface area contributed by atoms with Crippen molar-refractivity contribution in [2.24, 2.45) is 0 Å². The molecule has 1 heterocycles. The second-order valence-electron chi connectivity index (χ2n) is 5.65. The van der Waals surface area contributed by atoms with Gasteiger partial charge in [-0.25, -0.2) is 8.42 Å². The van der Waals surface area contributed by atoms with Crippen molar-refractivity contribution in [3.05, 3.63) is 0 Å². The van der Waals surface area contributed by atoms with Crippen LogP contribution < -0.4 is 0 Å². The van der Waals surface area contributed by atoms with Crippen molar-refractivity contribution in [2.45, 2.75) is 51.6 Å². The summed E-state index contributed by atoms with van der Waals surface area (Å²) in [6.07, 6.45) is 2.67. The molecule has 1 aliphatic rings. The van der Waals surface area contributed by atoms with Crippen LogP contribution in [0.3, 0.4) is 0 Å². The van der Waals surface area contributed by atoms with E-state index in [1.165, 1.54) is 4.31 Å². The summed E-state index contributed by atoms with van der Waals surface area (Å²) in [6.45, 7) is 4.39. The molecule has 0 bridgehead atoms. The minimum absolute atomic E-state index is 0.00302. The number of carboxylic acids is 1. The molecular weight excluding hydrogens is 296 g/mol. The number of sulfonamides is 1. The average molecular weight is 320 g/mol. The van der Waals surface area contributed by atoms with Gasteiger partial charge in [-0.05, 0) is 33.1 Å². The minimum atomic E-state index is -3.40. The molecular formula is C13H24N2O5S. The summed E-state index contributed by atoms with van der Waals surface area (Å²) in [6, 6.07) is -0.736. The van der Waals surface area contributed by atoms with Gasteiger partial charge in [-0.1, -0.05) is 0 Å². The van der Waals surface area contributed by atoms with Gasteiger partial charge in [-0.15, -0.1) is 0 Å². The maximum absolute atomic E-state index is 12.6. The normalized spacial score (nSPS) is 19.9. The number of carbonyl (C=O) groups excluding carboxylic acids is 1. The number of carboxylic acid groups (broad SMARTS) is 1. The minimum Gasteiger partial charge on any atom is -0.481 e. The molecule has 122 valence electrons. The lowest BCUT2D eigenvalue weighted by Gasteiger charge is -2.32. The molecule has 1 saturated heterocycles. The lowest BCUT2D eigenvalue weighted by Crippen LogP contribution is -2.50. The molecule has 0 aliphatic carbocycles. The molecule has 7 nitrogen and oxygen atoms in total.